The molecule has 0 bridgehead atoms. The van der Waals surface area contributed by atoms with Gasteiger partial charge in [0.2, 0.25) is 0 Å². The maximum absolute atomic E-state index is 10.4. The standard InChI is InChI=1S/C14H22N2O2/c1-18-14(5-2-6-14)9-13(17)12(10-15)11-3-7-16-8-4-11/h3-4,7-8,12-13,17H,2,5-6,9-10,15H2,1H3. The van der Waals surface area contributed by atoms with Gasteiger partial charge in [-0.1, -0.05) is 0 Å². The number of aromatic nitrogens is 1. The third-order valence-corrected chi connectivity index (χ3v) is 4.13. The summed E-state index contributed by atoms with van der Waals surface area (Å²) >= 11 is 0. The molecule has 4 nitrogen and oxygen atoms in total. The number of nitrogens with two attached hydrogens (primary N) is 1. The lowest BCUT2D eigenvalue weighted by atomic mass is 9.74. The first-order valence-corrected chi connectivity index (χ1v) is 6.54. The van der Waals surface area contributed by atoms with Gasteiger partial charge in [0, 0.05) is 38.4 Å². The van der Waals surface area contributed by atoms with Crippen molar-refractivity contribution in [2.24, 2.45) is 5.73 Å². The van der Waals surface area contributed by atoms with E-state index < -0.39 is 6.10 Å². The number of hydrogen-bond donors (Lipinski definition) is 2. The van der Waals surface area contributed by atoms with Crippen LogP contribution >= 0.6 is 0 Å². The Hall–Kier alpha value is -0.970. The fourth-order valence-corrected chi connectivity index (χ4v) is 2.71. The van der Waals surface area contributed by atoms with E-state index in [1.165, 1.54) is 6.42 Å². The molecular formula is C14H22N2O2. The molecule has 4 heteroatoms. The molecule has 1 aliphatic carbocycles. The van der Waals surface area contributed by atoms with Crippen LogP contribution in [0.15, 0.2) is 24.5 Å². The molecule has 1 aromatic rings. The zero-order chi connectivity index (χ0) is 13.0. The summed E-state index contributed by atoms with van der Waals surface area (Å²) in [6.07, 6.45) is 6.93. The highest BCUT2D eigenvalue weighted by molar-refractivity contribution is 5.18. The Balaban J connectivity index is 2.04. The van der Waals surface area contributed by atoms with Crippen molar-refractivity contribution in [3.63, 3.8) is 0 Å². The lowest BCUT2D eigenvalue weighted by Gasteiger charge is -2.43. The van der Waals surface area contributed by atoms with Gasteiger partial charge in [-0.2, -0.15) is 0 Å². The summed E-state index contributed by atoms with van der Waals surface area (Å²) in [6, 6.07) is 3.84. The Morgan fingerprint density at radius 2 is 2.11 bits per heavy atom. The smallest absolute Gasteiger partial charge is 0.0703 e. The van der Waals surface area contributed by atoms with Crippen molar-refractivity contribution in [1.82, 2.24) is 4.98 Å². The quantitative estimate of drug-likeness (QED) is 0.801. The minimum absolute atomic E-state index is 0.0411. The van der Waals surface area contributed by atoms with E-state index in [1.54, 1.807) is 19.5 Å². The highest BCUT2D eigenvalue weighted by atomic mass is 16.5. The van der Waals surface area contributed by atoms with Crippen LogP contribution in [0.25, 0.3) is 0 Å². The van der Waals surface area contributed by atoms with E-state index in [0.29, 0.717) is 13.0 Å². The van der Waals surface area contributed by atoms with E-state index in [9.17, 15) is 5.11 Å². The van der Waals surface area contributed by atoms with Gasteiger partial charge in [0.15, 0.2) is 0 Å². The fraction of sp³-hybridized carbons (Fsp3) is 0.643. The van der Waals surface area contributed by atoms with Crippen LogP contribution in [0.1, 0.15) is 37.2 Å². The van der Waals surface area contributed by atoms with Gasteiger partial charge >= 0.3 is 0 Å². The molecule has 1 heterocycles. The van der Waals surface area contributed by atoms with Crippen LogP contribution in [0.2, 0.25) is 0 Å². The number of rotatable bonds is 6. The second kappa shape index (κ2) is 5.78. The monoisotopic (exact) mass is 250 g/mol. The minimum atomic E-state index is -0.461. The summed E-state index contributed by atoms with van der Waals surface area (Å²) in [7, 11) is 1.73. The van der Waals surface area contributed by atoms with Crippen molar-refractivity contribution in [3.05, 3.63) is 30.1 Å². The number of nitrogens with zero attached hydrogens (tertiary/aromatic N) is 1. The van der Waals surface area contributed by atoms with Gasteiger partial charge in [-0.3, -0.25) is 4.98 Å². The van der Waals surface area contributed by atoms with Crippen LogP contribution < -0.4 is 5.73 Å². The summed E-state index contributed by atoms with van der Waals surface area (Å²) in [5.41, 5.74) is 6.73. The molecule has 100 valence electrons. The first kappa shape index (κ1) is 13.5. The van der Waals surface area contributed by atoms with E-state index >= 15 is 0 Å². The summed E-state index contributed by atoms with van der Waals surface area (Å²) in [4.78, 5) is 3.99. The van der Waals surface area contributed by atoms with Crippen LogP contribution in [0, 0.1) is 0 Å². The molecule has 2 unspecified atom stereocenters. The van der Waals surface area contributed by atoms with Crippen molar-refractivity contribution in [3.8, 4) is 0 Å². The summed E-state index contributed by atoms with van der Waals surface area (Å²) in [5, 5.41) is 10.4. The van der Waals surface area contributed by atoms with Crippen molar-refractivity contribution in [2.45, 2.75) is 43.3 Å². The van der Waals surface area contributed by atoms with E-state index in [4.69, 9.17) is 10.5 Å². The van der Waals surface area contributed by atoms with Gasteiger partial charge < -0.3 is 15.6 Å². The molecule has 0 radical (unpaired) electrons. The van der Waals surface area contributed by atoms with Crippen molar-refractivity contribution in [1.29, 1.82) is 0 Å². The molecule has 3 N–H and O–H groups in total. The maximum Gasteiger partial charge on any atom is 0.0703 e. The van der Waals surface area contributed by atoms with Gasteiger partial charge in [-0.25, -0.2) is 0 Å². The van der Waals surface area contributed by atoms with E-state index in [1.807, 2.05) is 12.1 Å². The number of hydrogen-bond acceptors (Lipinski definition) is 4. The molecular weight excluding hydrogens is 228 g/mol. The molecule has 0 saturated heterocycles. The zero-order valence-corrected chi connectivity index (χ0v) is 10.9. The number of pyridine rings is 1. The average Bonchev–Trinajstić information content (AvgIpc) is 2.36. The zero-order valence-electron chi connectivity index (χ0n) is 10.9. The Morgan fingerprint density at radius 3 is 2.56 bits per heavy atom. The van der Waals surface area contributed by atoms with Crippen LogP contribution in [-0.4, -0.2) is 35.5 Å². The summed E-state index contributed by atoms with van der Waals surface area (Å²) in [6.45, 7) is 0.435. The molecule has 0 aliphatic heterocycles. The normalized spacial score (nSPS) is 21.1. The largest absolute Gasteiger partial charge is 0.392 e. The number of aliphatic hydroxyl groups is 1. The molecule has 1 fully saturated rings. The van der Waals surface area contributed by atoms with Gasteiger partial charge in [-0.15, -0.1) is 0 Å². The topological polar surface area (TPSA) is 68.4 Å². The Kier molecular flexibility index (Phi) is 4.32. The predicted octanol–water partition coefficient (Wildman–Crippen LogP) is 1.44. The lowest BCUT2D eigenvalue weighted by molar-refractivity contribution is -0.102. The summed E-state index contributed by atoms with van der Waals surface area (Å²) < 4.78 is 5.56. The number of ether oxygens (including phenoxy) is 1. The van der Waals surface area contributed by atoms with E-state index in [2.05, 4.69) is 4.98 Å². The molecule has 18 heavy (non-hydrogen) atoms. The van der Waals surface area contributed by atoms with Gasteiger partial charge in [0.25, 0.3) is 0 Å². The third-order valence-electron chi connectivity index (χ3n) is 4.13. The highest BCUT2D eigenvalue weighted by Gasteiger charge is 2.40. The van der Waals surface area contributed by atoms with Gasteiger partial charge in [0.1, 0.15) is 0 Å². The molecule has 0 spiro atoms. The van der Waals surface area contributed by atoms with Gasteiger partial charge in [0.05, 0.1) is 11.7 Å². The second-order valence-corrected chi connectivity index (χ2v) is 5.13. The Labute approximate surface area is 108 Å². The van der Waals surface area contributed by atoms with Gasteiger partial charge in [-0.05, 0) is 37.0 Å². The van der Waals surface area contributed by atoms with Crippen LogP contribution in [0.4, 0.5) is 0 Å². The Morgan fingerprint density at radius 1 is 1.44 bits per heavy atom. The molecule has 0 amide bonds. The summed E-state index contributed by atoms with van der Waals surface area (Å²) in [5.74, 6) is -0.0411. The number of aliphatic hydroxyl groups excluding tert-OH is 1. The SMILES string of the molecule is COC1(CC(O)C(CN)c2ccncc2)CCC1. The fourth-order valence-electron chi connectivity index (χ4n) is 2.71. The van der Waals surface area contributed by atoms with Crippen LogP contribution in [0.3, 0.4) is 0 Å². The lowest BCUT2D eigenvalue weighted by Crippen LogP contribution is -2.44. The maximum atomic E-state index is 10.4. The van der Waals surface area contributed by atoms with E-state index in [0.717, 1.165) is 18.4 Å². The predicted molar refractivity (Wildman–Crippen MR) is 70.2 cm³/mol. The van der Waals surface area contributed by atoms with Crippen molar-refractivity contribution in [2.75, 3.05) is 13.7 Å². The molecule has 2 atom stereocenters. The van der Waals surface area contributed by atoms with Crippen molar-refractivity contribution < 1.29 is 9.84 Å². The highest BCUT2D eigenvalue weighted by Crippen LogP contribution is 2.40. The van der Waals surface area contributed by atoms with Crippen LogP contribution in [-0.2, 0) is 4.74 Å². The van der Waals surface area contributed by atoms with E-state index in [-0.39, 0.29) is 11.5 Å². The number of methoxy groups -OCH3 is 1. The Bertz CT molecular complexity index is 360. The third kappa shape index (κ3) is 2.71. The first-order chi connectivity index (χ1) is 8.71. The molecule has 2 rings (SSSR count). The van der Waals surface area contributed by atoms with Crippen molar-refractivity contribution >= 4 is 0 Å². The second-order valence-electron chi connectivity index (χ2n) is 5.13. The molecule has 1 aromatic heterocycles. The molecule has 1 aliphatic rings. The average molecular weight is 250 g/mol. The molecule has 0 aromatic carbocycles. The van der Waals surface area contributed by atoms with Crippen LogP contribution in [0.5, 0.6) is 0 Å². The molecule has 1 saturated carbocycles. The first-order valence-electron chi connectivity index (χ1n) is 6.54. The minimum Gasteiger partial charge on any atom is -0.392 e.